The highest BCUT2D eigenvalue weighted by Crippen LogP contribution is 2.29. The number of aromatic nitrogens is 2. The normalized spacial score (nSPS) is 14.2. The molecule has 0 radical (unpaired) electrons. The van der Waals surface area contributed by atoms with Gasteiger partial charge in [-0.15, -0.1) is 0 Å². The Morgan fingerprint density at radius 1 is 1.03 bits per heavy atom. The predicted octanol–water partition coefficient (Wildman–Crippen LogP) is 3.82. The van der Waals surface area contributed by atoms with Crippen LogP contribution in [0.2, 0.25) is 0 Å². The minimum absolute atomic E-state index is 0.103. The molecule has 1 N–H and O–H groups in total. The first-order chi connectivity index (χ1) is 15.8. The largest absolute Gasteiger partial charge is 0.354 e. The van der Waals surface area contributed by atoms with Crippen molar-refractivity contribution in [3.05, 3.63) is 53.6 Å². The van der Waals surface area contributed by atoms with Gasteiger partial charge < -0.3 is 10.2 Å². The van der Waals surface area contributed by atoms with Gasteiger partial charge in [0.15, 0.2) is 11.6 Å². The van der Waals surface area contributed by atoms with Crippen LogP contribution in [0.25, 0.3) is 11.0 Å². The molecular weight excluding hydrogens is 438 g/mol. The van der Waals surface area contributed by atoms with Gasteiger partial charge in [-0.25, -0.2) is 18.4 Å². The van der Waals surface area contributed by atoms with E-state index < -0.39 is 15.9 Å². The van der Waals surface area contributed by atoms with Gasteiger partial charge in [0.2, 0.25) is 10.0 Å². The molecular formula is C24H29N5O3S. The van der Waals surface area contributed by atoms with Gasteiger partial charge in [0.25, 0.3) is 5.91 Å². The van der Waals surface area contributed by atoms with E-state index in [-0.39, 0.29) is 4.90 Å². The third-order valence-electron chi connectivity index (χ3n) is 5.99. The molecule has 4 rings (SSSR count). The standard InChI is InChI=1S/C24H29N5O3S/c1-4-29(5-2)33(31,32)18-13-12-17(3)19(16-18)24(30)27-22-23(28-14-8-9-15-28)26-21-11-7-6-10-20(21)25-22/h6-7,10-13,16H,4-5,8-9,14-15H2,1-3H3,(H,25,27,30). The number of benzene rings is 2. The summed E-state index contributed by atoms with van der Waals surface area (Å²) < 4.78 is 27.3. The summed E-state index contributed by atoms with van der Waals surface area (Å²) in [7, 11) is -3.68. The van der Waals surface area contributed by atoms with E-state index in [9.17, 15) is 13.2 Å². The van der Waals surface area contributed by atoms with Gasteiger partial charge in [-0.05, 0) is 49.6 Å². The van der Waals surface area contributed by atoms with Crippen molar-refractivity contribution in [2.24, 2.45) is 0 Å². The second kappa shape index (κ2) is 9.44. The van der Waals surface area contributed by atoms with Crippen molar-refractivity contribution >= 4 is 38.6 Å². The topological polar surface area (TPSA) is 95.5 Å². The third kappa shape index (κ3) is 4.56. The number of para-hydroxylation sites is 2. The summed E-state index contributed by atoms with van der Waals surface area (Å²) >= 11 is 0. The number of fused-ring (bicyclic) bond motifs is 1. The molecule has 8 nitrogen and oxygen atoms in total. The number of hydrogen-bond donors (Lipinski definition) is 1. The van der Waals surface area contributed by atoms with Crippen LogP contribution in [0, 0.1) is 6.92 Å². The number of rotatable bonds is 7. The van der Waals surface area contributed by atoms with Crippen LogP contribution in [0.3, 0.4) is 0 Å². The number of carbonyl (C=O) groups is 1. The zero-order valence-corrected chi connectivity index (χ0v) is 20.0. The summed E-state index contributed by atoms with van der Waals surface area (Å²) in [5.74, 6) is 0.621. The molecule has 0 unspecified atom stereocenters. The fourth-order valence-electron chi connectivity index (χ4n) is 4.12. The van der Waals surface area contributed by atoms with Crippen LogP contribution in [0.4, 0.5) is 11.6 Å². The SMILES string of the molecule is CCN(CC)S(=O)(=O)c1ccc(C)c(C(=O)Nc2nc3ccccc3nc2N2CCCC2)c1. The van der Waals surface area contributed by atoms with Crippen molar-refractivity contribution < 1.29 is 13.2 Å². The van der Waals surface area contributed by atoms with Crippen LogP contribution < -0.4 is 10.2 Å². The van der Waals surface area contributed by atoms with Crippen LogP contribution >= 0.6 is 0 Å². The van der Waals surface area contributed by atoms with Gasteiger partial charge in [-0.1, -0.05) is 32.0 Å². The van der Waals surface area contributed by atoms with Crippen molar-refractivity contribution in [3.63, 3.8) is 0 Å². The van der Waals surface area contributed by atoms with Crippen molar-refractivity contribution in [3.8, 4) is 0 Å². The van der Waals surface area contributed by atoms with E-state index in [0.29, 0.717) is 41.4 Å². The summed E-state index contributed by atoms with van der Waals surface area (Å²) in [6, 6.07) is 12.2. The molecule has 2 aromatic carbocycles. The van der Waals surface area contributed by atoms with Crippen molar-refractivity contribution in [2.45, 2.75) is 38.5 Å². The molecule has 0 saturated carbocycles. The lowest BCUT2D eigenvalue weighted by Crippen LogP contribution is -2.31. The molecule has 1 aliphatic rings. The molecule has 33 heavy (non-hydrogen) atoms. The molecule has 0 atom stereocenters. The average molecular weight is 468 g/mol. The molecule has 1 amide bonds. The highest BCUT2D eigenvalue weighted by molar-refractivity contribution is 7.89. The Kier molecular flexibility index (Phi) is 6.62. The first-order valence-corrected chi connectivity index (χ1v) is 12.7. The lowest BCUT2D eigenvalue weighted by Gasteiger charge is -2.21. The van der Waals surface area contributed by atoms with E-state index in [0.717, 1.165) is 31.4 Å². The fraction of sp³-hybridized carbons (Fsp3) is 0.375. The number of nitrogens with one attached hydrogen (secondary N) is 1. The van der Waals surface area contributed by atoms with Gasteiger partial charge in [0.05, 0.1) is 15.9 Å². The molecule has 1 saturated heterocycles. The Bertz CT molecular complexity index is 1280. The Labute approximate surface area is 194 Å². The highest BCUT2D eigenvalue weighted by atomic mass is 32.2. The van der Waals surface area contributed by atoms with E-state index in [4.69, 9.17) is 4.98 Å². The predicted molar refractivity (Wildman–Crippen MR) is 130 cm³/mol. The zero-order chi connectivity index (χ0) is 23.6. The average Bonchev–Trinajstić information content (AvgIpc) is 3.34. The maximum Gasteiger partial charge on any atom is 0.257 e. The monoisotopic (exact) mass is 467 g/mol. The molecule has 0 aliphatic carbocycles. The van der Waals surface area contributed by atoms with Crippen LogP contribution in [0.15, 0.2) is 47.4 Å². The number of hydrogen-bond acceptors (Lipinski definition) is 6. The van der Waals surface area contributed by atoms with E-state index in [2.05, 4.69) is 15.2 Å². The van der Waals surface area contributed by atoms with Crippen LogP contribution in [-0.4, -0.2) is 54.8 Å². The number of anilines is 2. The lowest BCUT2D eigenvalue weighted by molar-refractivity contribution is 0.102. The molecule has 2 heterocycles. The van der Waals surface area contributed by atoms with Crippen molar-refractivity contribution in [1.29, 1.82) is 0 Å². The molecule has 1 aromatic heterocycles. The Morgan fingerprint density at radius 3 is 2.30 bits per heavy atom. The van der Waals surface area contributed by atoms with Crippen molar-refractivity contribution in [2.75, 3.05) is 36.4 Å². The van der Waals surface area contributed by atoms with E-state index >= 15 is 0 Å². The maximum absolute atomic E-state index is 13.3. The molecule has 1 aliphatic heterocycles. The number of amides is 1. The van der Waals surface area contributed by atoms with E-state index in [1.54, 1.807) is 32.9 Å². The number of aryl methyl sites for hydroxylation is 1. The maximum atomic E-state index is 13.3. The lowest BCUT2D eigenvalue weighted by atomic mass is 10.1. The Hall–Kier alpha value is -3.04. The highest BCUT2D eigenvalue weighted by Gasteiger charge is 2.25. The number of sulfonamides is 1. The molecule has 0 bridgehead atoms. The zero-order valence-electron chi connectivity index (χ0n) is 19.2. The van der Waals surface area contributed by atoms with Crippen molar-refractivity contribution in [1.82, 2.24) is 14.3 Å². The van der Waals surface area contributed by atoms with Gasteiger partial charge in [-0.3, -0.25) is 4.79 Å². The molecule has 3 aromatic rings. The molecule has 9 heteroatoms. The summed E-state index contributed by atoms with van der Waals surface area (Å²) in [5, 5.41) is 2.91. The van der Waals surface area contributed by atoms with Crippen LogP contribution in [0.1, 0.15) is 42.6 Å². The van der Waals surface area contributed by atoms with Crippen LogP contribution in [-0.2, 0) is 10.0 Å². The first kappa shape index (κ1) is 23.1. The molecule has 174 valence electrons. The first-order valence-electron chi connectivity index (χ1n) is 11.3. The summed E-state index contributed by atoms with van der Waals surface area (Å²) in [6.45, 7) is 7.80. The number of carbonyl (C=O) groups excluding carboxylic acids is 1. The van der Waals surface area contributed by atoms with Gasteiger partial charge in [0, 0.05) is 31.7 Å². The minimum atomic E-state index is -3.68. The smallest absolute Gasteiger partial charge is 0.257 e. The van der Waals surface area contributed by atoms with E-state index in [1.807, 2.05) is 24.3 Å². The second-order valence-corrected chi connectivity index (χ2v) is 10.0. The van der Waals surface area contributed by atoms with Crippen LogP contribution in [0.5, 0.6) is 0 Å². The minimum Gasteiger partial charge on any atom is -0.354 e. The number of nitrogens with zero attached hydrogens (tertiary/aromatic N) is 4. The summed E-state index contributed by atoms with van der Waals surface area (Å²) in [6.07, 6.45) is 2.12. The Morgan fingerprint density at radius 2 is 1.67 bits per heavy atom. The van der Waals surface area contributed by atoms with Gasteiger partial charge >= 0.3 is 0 Å². The Balaban J connectivity index is 1.72. The van der Waals surface area contributed by atoms with E-state index in [1.165, 1.54) is 10.4 Å². The van der Waals surface area contributed by atoms with Gasteiger partial charge in [0.1, 0.15) is 0 Å². The third-order valence-corrected chi connectivity index (χ3v) is 8.03. The molecule has 1 fully saturated rings. The van der Waals surface area contributed by atoms with Gasteiger partial charge in [-0.2, -0.15) is 4.31 Å². The summed E-state index contributed by atoms with van der Waals surface area (Å²) in [4.78, 5) is 25.0. The summed E-state index contributed by atoms with van der Waals surface area (Å²) in [5.41, 5.74) is 2.43. The quantitative estimate of drug-likeness (QED) is 0.568. The molecule has 0 spiro atoms. The second-order valence-electron chi connectivity index (χ2n) is 8.10. The fourth-order valence-corrected chi connectivity index (χ4v) is 5.60.